The first-order chi connectivity index (χ1) is 10.6. The predicted octanol–water partition coefficient (Wildman–Crippen LogP) is 0.387. The first kappa shape index (κ1) is 13.7. The Balaban J connectivity index is 2.04. The van der Waals surface area contributed by atoms with Crippen LogP contribution in [-0.2, 0) is 0 Å². The monoisotopic (exact) mass is 294 g/mol. The van der Waals surface area contributed by atoms with E-state index in [0.29, 0.717) is 0 Å². The summed E-state index contributed by atoms with van der Waals surface area (Å²) in [5.41, 5.74) is 1.07. The lowest BCUT2D eigenvalue weighted by Gasteiger charge is -2.00. The molecule has 0 bridgehead atoms. The molecule has 6 nitrogen and oxygen atoms in total. The molecule has 0 aliphatic heterocycles. The van der Waals surface area contributed by atoms with Crippen molar-refractivity contribution in [1.29, 1.82) is 0 Å². The second kappa shape index (κ2) is 5.25. The second-order valence-electron chi connectivity index (χ2n) is 4.62. The molecule has 1 amide bonds. The Kier molecular flexibility index (Phi) is 3.27. The van der Waals surface area contributed by atoms with Gasteiger partial charge < -0.3 is 5.11 Å². The fraction of sp³-hybridized carbons (Fsp3) is 0. The molecule has 0 fully saturated rings. The molecule has 2 N–H and O–H groups in total. The first-order valence-corrected chi connectivity index (χ1v) is 6.44. The van der Waals surface area contributed by atoms with Gasteiger partial charge in [-0.2, -0.15) is 5.10 Å². The minimum atomic E-state index is -0.706. The van der Waals surface area contributed by atoms with E-state index in [9.17, 15) is 19.5 Å². The van der Waals surface area contributed by atoms with Crippen molar-refractivity contribution in [2.24, 2.45) is 5.10 Å². The summed E-state index contributed by atoms with van der Waals surface area (Å²) in [4.78, 5) is 36.0. The van der Waals surface area contributed by atoms with Crippen LogP contribution in [-0.4, -0.2) is 11.0 Å². The number of hydrogen-bond acceptors (Lipinski definition) is 5. The number of phenols is 1. The van der Waals surface area contributed by atoms with Gasteiger partial charge in [0, 0.05) is 10.8 Å². The van der Waals surface area contributed by atoms with Gasteiger partial charge in [-0.15, -0.1) is 0 Å². The number of carbonyl (C=O) groups is 1. The first-order valence-electron chi connectivity index (χ1n) is 6.44. The highest BCUT2D eigenvalue weighted by molar-refractivity contribution is 5.96. The number of phenolic OH excluding ortho intramolecular Hbond substituents is 1. The summed E-state index contributed by atoms with van der Waals surface area (Å²) in [5.74, 6) is -0.922. The van der Waals surface area contributed by atoms with E-state index in [1.54, 1.807) is 24.3 Å². The maximum atomic E-state index is 12.1. The van der Waals surface area contributed by atoms with E-state index in [-0.39, 0.29) is 27.4 Å². The Hall–Kier alpha value is -3.28. The number of para-hydroxylation sites is 1. The van der Waals surface area contributed by atoms with Crippen molar-refractivity contribution >= 4 is 16.7 Å². The van der Waals surface area contributed by atoms with Crippen molar-refractivity contribution in [3.8, 4) is 5.75 Å². The van der Waals surface area contributed by atoms with Crippen LogP contribution in [0.1, 0.15) is 10.4 Å². The van der Waals surface area contributed by atoms with Gasteiger partial charge in [-0.1, -0.05) is 36.4 Å². The third-order valence-electron chi connectivity index (χ3n) is 3.26. The predicted molar refractivity (Wildman–Crippen MR) is 80.0 cm³/mol. The standard InChI is InChI=1S/C16H10N2O4/c19-12-8-4-3-7-11(12)16(22)18-17-13-14(20)9-5-1-2-6-10(9)15(13)21/h1-8,19H,(H,18,22). The summed E-state index contributed by atoms with van der Waals surface area (Å²) in [5, 5.41) is 13.4. The Bertz CT molecular complexity index is 980. The average Bonchev–Trinajstić information content (AvgIpc) is 2.77. The molecule has 0 spiro atoms. The van der Waals surface area contributed by atoms with E-state index in [4.69, 9.17) is 0 Å². The molecular formula is C16H10N2O4. The lowest BCUT2D eigenvalue weighted by Crippen LogP contribution is -2.35. The Labute approximate surface area is 123 Å². The maximum absolute atomic E-state index is 12.1. The van der Waals surface area contributed by atoms with Gasteiger partial charge in [0.25, 0.3) is 5.91 Å². The quantitative estimate of drug-likeness (QED) is 0.668. The van der Waals surface area contributed by atoms with Gasteiger partial charge in [0.05, 0.1) is 5.56 Å². The Morgan fingerprint density at radius 1 is 0.909 bits per heavy atom. The zero-order valence-electron chi connectivity index (χ0n) is 11.2. The molecule has 3 rings (SSSR count). The van der Waals surface area contributed by atoms with Crippen LogP contribution in [0.2, 0.25) is 0 Å². The highest BCUT2D eigenvalue weighted by Crippen LogP contribution is 2.14. The SMILES string of the molecule is O=C(NN=c1c(=O)c2ccccc2c1=O)c1ccccc1O. The smallest absolute Gasteiger partial charge is 0.275 e. The fourth-order valence-electron chi connectivity index (χ4n) is 2.17. The van der Waals surface area contributed by atoms with E-state index < -0.39 is 16.8 Å². The van der Waals surface area contributed by atoms with Crippen LogP contribution in [0.15, 0.2) is 63.2 Å². The van der Waals surface area contributed by atoms with E-state index >= 15 is 0 Å². The van der Waals surface area contributed by atoms with Crippen LogP contribution in [0.3, 0.4) is 0 Å². The number of nitrogens with one attached hydrogen (secondary N) is 1. The number of aromatic hydroxyl groups is 1. The van der Waals surface area contributed by atoms with Crippen LogP contribution >= 0.6 is 0 Å². The van der Waals surface area contributed by atoms with Crippen LogP contribution in [0, 0.1) is 0 Å². The molecule has 0 atom stereocenters. The summed E-state index contributed by atoms with van der Waals surface area (Å²) >= 11 is 0. The van der Waals surface area contributed by atoms with E-state index in [1.165, 1.54) is 24.3 Å². The summed E-state index contributed by atoms with van der Waals surface area (Å²) < 4.78 is 0. The number of fused-ring (bicyclic) bond motifs is 1. The Morgan fingerprint density at radius 2 is 1.45 bits per heavy atom. The Morgan fingerprint density at radius 3 is 2.05 bits per heavy atom. The molecule has 0 aliphatic rings. The number of nitrogens with zero attached hydrogens (tertiary/aromatic N) is 1. The van der Waals surface area contributed by atoms with Gasteiger partial charge in [0.2, 0.25) is 10.9 Å². The number of carbonyl (C=O) groups excluding carboxylic acids is 1. The van der Waals surface area contributed by atoms with Gasteiger partial charge in [0.15, 0.2) is 5.36 Å². The second-order valence-corrected chi connectivity index (χ2v) is 4.62. The summed E-state index contributed by atoms with van der Waals surface area (Å²) in [6.07, 6.45) is 0. The molecule has 0 radical (unpaired) electrons. The lowest BCUT2D eigenvalue weighted by atomic mass is 10.2. The third-order valence-corrected chi connectivity index (χ3v) is 3.26. The molecule has 0 heterocycles. The molecule has 0 unspecified atom stereocenters. The van der Waals surface area contributed by atoms with Gasteiger partial charge in [-0.05, 0) is 12.1 Å². The summed E-state index contributed by atoms with van der Waals surface area (Å²) in [7, 11) is 0. The number of amides is 1. The van der Waals surface area contributed by atoms with Gasteiger partial charge in [-0.25, -0.2) is 5.43 Å². The molecule has 6 heteroatoms. The van der Waals surface area contributed by atoms with Crippen molar-refractivity contribution < 1.29 is 9.90 Å². The summed E-state index contributed by atoms with van der Waals surface area (Å²) in [6.45, 7) is 0. The van der Waals surface area contributed by atoms with Crippen molar-refractivity contribution in [2.75, 3.05) is 0 Å². The summed E-state index contributed by atoms with van der Waals surface area (Å²) in [6, 6.07) is 12.2. The van der Waals surface area contributed by atoms with Gasteiger partial charge in [-0.3, -0.25) is 14.4 Å². The normalized spacial score (nSPS) is 10.5. The molecule has 3 aromatic rings. The minimum Gasteiger partial charge on any atom is -0.507 e. The maximum Gasteiger partial charge on any atom is 0.275 e. The molecule has 22 heavy (non-hydrogen) atoms. The zero-order chi connectivity index (χ0) is 15.7. The number of hydrogen-bond donors (Lipinski definition) is 2. The van der Waals surface area contributed by atoms with Crippen LogP contribution in [0.5, 0.6) is 5.75 Å². The van der Waals surface area contributed by atoms with E-state index in [2.05, 4.69) is 10.5 Å². The van der Waals surface area contributed by atoms with Crippen LogP contribution < -0.4 is 21.6 Å². The molecule has 0 aliphatic carbocycles. The number of rotatable bonds is 2. The van der Waals surface area contributed by atoms with E-state index in [1.807, 2.05) is 0 Å². The van der Waals surface area contributed by atoms with Crippen molar-refractivity contribution in [3.05, 3.63) is 79.9 Å². The minimum absolute atomic E-state index is 0.00209. The van der Waals surface area contributed by atoms with Crippen LogP contribution in [0.4, 0.5) is 0 Å². The topological polar surface area (TPSA) is 95.8 Å². The molecular weight excluding hydrogens is 284 g/mol. The zero-order valence-corrected chi connectivity index (χ0v) is 11.2. The molecule has 0 aromatic heterocycles. The molecule has 3 aromatic carbocycles. The van der Waals surface area contributed by atoms with Crippen molar-refractivity contribution in [1.82, 2.24) is 5.43 Å². The van der Waals surface area contributed by atoms with Crippen molar-refractivity contribution in [3.63, 3.8) is 0 Å². The average molecular weight is 294 g/mol. The molecule has 0 saturated carbocycles. The highest BCUT2D eigenvalue weighted by atomic mass is 16.3. The molecule has 0 saturated heterocycles. The third kappa shape index (κ3) is 2.16. The van der Waals surface area contributed by atoms with Crippen molar-refractivity contribution in [2.45, 2.75) is 0 Å². The van der Waals surface area contributed by atoms with Gasteiger partial charge in [0.1, 0.15) is 5.75 Å². The number of benzene rings is 2. The lowest BCUT2D eigenvalue weighted by molar-refractivity contribution is 0.0950. The van der Waals surface area contributed by atoms with Crippen LogP contribution in [0.25, 0.3) is 10.8 Å². The molecule has 108 valence electrons. The highest BCUT2D eigenvalue weighted by Gasteiger charge is 2.12. The fourth-order valence-corrected chi connectivity index (χ4v) is 2.17. The largest absolute Gasteiger partial charge is 0.507 e. The van der Waals surface area contributed by atoms with Gasteiger partial charge >= 0.3 is 0 Å². The van der Waals surface area contributed by atoms with E-state index in [0.717, 1.165) is 0 Å².